The Morgan fingerprint density at radius 3 is 1.90 bits per heavy atom. The van der Waals surface area contributed by atoms with E-state index in [0.29, 0.717) is 11.3 Å². The number of benzene rings is 3. The molecule has 0 aromatic heterocycles. The standard InChI is InChI=1S/C21H25.C18H25.C7H5F.2ClH.Zr/c1-20(2,3)16-7-9-18-14(12-16)11-15-13-17(21(4,5)6)8-10-19(15)18;1-12-3-13(2)17(4-12)11-18-8-14-5-15(9-18)7-16(6-14)10-18;1-6-2-4-7(8)5-3-6;;;/h7-10,12H,11H2,1-6H3;4,12,14-16H,5-11H2,1-2H3;1-5H;2*1H;/q2*-1;;;;+2/p-2. The summed E-state index contributed by atoms with van der Waals surface area (Å²) >= 11 is 1.34. The molecule has 6 aliphatic carbocycles. The van der Waals surface area contributed by atoms with Crippen LogP contribution in [-0.4, -0.2) is 3.71 Å². The number of halogens is 3. The van der Waals surface area contributed by atoms with Gasteiger partial charge in [-0.3, -0.25) is 6.08 Å². The minimum atomic E-state index is -0.170. The molecule has 4 fully saturated rings. The van der Waals surface area contributed by atoms with Gasteiger partial charge < -0.3 is 24.8 Å². The molecule has 1 unspecified atom stereocenters. The molecular weight excluding hydrogens is 734 g/mol. The second-order valence-corrected chi connectivity index (χ2v) is 18.6. The van der Waals surface area contributed by atoms with Crippen LogP contribution in [0.15, 0.2) is 71.8 Å². The fourth-order valence-electron chi connectivity index (χ4n) is 9.59. The SMILES string of the molecule is CC(C)(C)c1[c-]c2c(cc1)-c1ccc(C(C)(C)C)cc1C2.CC1=[C-]C(C)C=C1CC12CC3CC(CC(C3)C1)C2.Fc1ccc([CH]=[Zr+2])cc1.[Cl-].[Cl-]. The van der Waals surface area contributed by atoms with Gasteiger partial charge >= 0.3 is 68.0 Å². The van der Waals surface area contributed by atoms with Gasteiger partial charge in [0.2, 0.25) is 0 Å². The smallest absolute Gasteiger partial charge is 1.00 e. The molecule has 0 spiro atoms. The largest absolute Gasteiger partial charge is 1.00 e. The predicted molar refractivity (Wildman–Crippen MR) is 197 cm³/mol. The summed E-state index contributed by atoms with van der Waals surface area (Å²) in [5.74, 6) is 3.65. The Hall–Kier alpha value is -1.60. The molecule has 0 N–H and O–H groups in total. The number of allylic oxidation sites excluding steroid dienone is 4. The molecule has 4 saturated carbocycles. The molecule has 4 bridgehead atoms. The summed E-state index contributed by atoms with van der Waals surface area (Å²) in [6, 6.07) is 21.6. The van der Waals surface area contributed by atoms with Crippen molar-refractivity contribution in [2.45, 2.75) is 118 Å². The van der Waals surface area contributed by atoms with E-state index >= 15 is 0 Å². The van der Waals surface area contributed by atoms with Crippen LogP contribution in [0.4, 0.5) is 4.39 Å². The van der Waals surface area contributed by atoms with Crippen molar-refractivity contribution in [3.8, 4) is 11.1 Å². The van der Waals surface area contributed by atoms with Crippen molar-refractivity contribution in [3.63, 3.8) is 0 Å². The Morgan fingerprint density at radius 1 is 0.820 bits per heavy atom. The molecule has 50 heavy (non-hydrogen) atoms. The molecule has 4 heteroatoms. The van der Waals surface area contributed by atoms with Gasteiger partial charge in [0, 0.05) is 0 Å². The van der Waals surface area contributed by atoms with E-state index < -0.39 is 0 Å². The van der Waals surface area contributed by atoms with Crippen LogP contribution in [0.2, 0.25) is 0 Å². The zero-order valence-corrected chi connectivity index (χ0v) is 35.4. The average molecular weight is 789 g/mol. The van der Waals surface area contributed by atoms with Gasteiger partial charge in [0.25, 0.3) is 0 Å². The monoisotopic (exact) mass is 786 g/mol. The second-order valence-electron chi connectivity index (χ2n) is 17.9. The van der Waals surface area contributed by atoms with Crippen LogP contribution in [0.3, 0.4) is 0 Å². The number of fused-ring (bicyclic) bond motifs is 3. The predicted octanol–water partition coefficient (Wildman–Crippen LogP) is 6.10. The first-order chi connectivity index (χ1) is 22.6. The molecule has 0 nitrogen and oxygen atoms in total. The van der Waals surface area contributed by atoms with Gasteiger partial charge in [0.05, 0.1) is 0 Å². The van der Waals surface area contributed by atoms with Crippen LogP contribution in [0, 0.1) is 47.0 Å². The average Bonchev–Trinajstić information content (AvgIpc) is 3.53. The Kier molecular flexibility index (Phi) is 13.3. The quantitative estimate of drug-likeness (QED) is 0.221. The van der Waals surface area contributed by atoms with E-state index in [2.05, 4.69) is 104 Å². The summed E-state index contributed by atoms with van der Waals surface area (Å²) in [5, 5.41) is 0. The zero-order valence-electron chi connectivity index (χ0n) is 31.5. The molecule has 6 aliphatic rings. The maximum atomic E-state index is 12.2. The van der Waals surface area contributed by atoms with Crippen LogP contribution in [0.5, 0.6) is 0 Å². The van der Waals surface area contributed by atoms with Gasteiger partial charge in [-0.2, -0.15) is 35.4 Å². The molecule has 3 aromatic carbocycles. The summed E-state index contributed by atoms with van der Waals surface area (Å²) in [6.07, 6.45) is 17.8. The Labute approximate surface area is 330 Å². The van der Waals surface area contributed by atoms with Gasteiger partial charge in [-0.1, -0.05) is 91.5 Å². The van der Waals surface area contributed by atoms with Crippen molar-refractivity contribution in [1.82, 2.24) is 0 Å². The van der Waals surface area contributed by atoms with E-state index in [1.165, 1.54) is 81.7 Å². The Bertz CT molecular complexity index is 1620. The van der Waals surface area contributed by atoms with Gasteiger partial charge in [-0.15, -0.1) is 11.1 Å². The maximum Gasteiger partial charge on any atom is -1.00 e. The van der Waals surface area contributed by atoms with Crippen molar-refractivity contribution < 1.29 is 53.4 Å². The minimum absolute atomic E-state index is 0. The minimum Gasteiger partial charge on any atom is -1.00 e. The molecule has 0 amide bonds. The molecule has 266 valence electrons. The van der Waals surface area contributed by atoms with E-state index in [4.69, 9.17) is 0 Å². The molecule has 0 aliphatic heterocycles. The molecule has 0 saturated heterocycles. The molecule has 9 rings (SSSR count). The van der Waals surface area contributed by atoms with Crippen LogP contribution in [-0.2, 0) is 41.5 Å². The molecule has 3 aromatic rings. The van der Waals surface area contributed by atoms with Crippen LogP contribution < -0.4 is 24.8 Å². The number of rotatable bonds is 3. The van der Waals surface area contributed by atoms with Gasteiger partial charge in [-0.25, -0.2) is 5.57 Å². The molecular formula is C46H55Cl2FZr-2. The third-order valence-electron chi connectivity index (χ3n) is 11.6. The van der Waals surface area contributed by atoms with Crippen LogP contribution in [0.25, 0.3) is 11.1 Å². The summed E-state index contributed by atoms with van der Waals surface area (Å²) in [5.41, 5.74) is 13.6. The molecule has 0 heterocycles. The van der Waals surface area contributed by atoms with Gasteiger partial charge in [-0.05, 0) is 90.1 Å². The first-order valence-corrected chi connectivity index (χ1v) is 19.8. The summed E-state index contributed by atoms with van der Waals surface area (Å²) in [6.45, 7) is 18.1. The maximum absolute atomic E-state index is 12.2. The Morgan fingerprint density at radius 2 is 1.40 bits per heavy atom. The van der Waals surface area contributed by atoms with Crippen molar-refractivity contribution >= 4 is 3.71 Å². The van der Waals surface area contributed by atoms with Crippen molar-refractivity contribution in [1.29, 1.82) is 0 Å². The third kappa shape index (κ3) is 9.49. The van der Waals surface area contributed by atoms with E-state index in [1.807, 2.05) is 3.71 Å². The van der Waals surface area contributed by atoms with Crippen LogP contribution in [0.1, 0.15) is 128 Å². The van der Waals surface area contributed by atoms with E-state index in [0.717, 1.165) is 29.7 Å². The van der Waals surface area contributed by atoms with Gasteiger partial charge in [0.15, 0.2) is 0 Å². The fraction of sp³-hybridized carbons (Fsp3) is 0.500. The van der Waals surface area contributed by atoms with Crippen molar-refractivity contribution in [3.05, 3.63) is 118 Å². The van der Waals surface area contributed by atoms with Gasteiger partial charge in [0.1, 0.15) is 0 Å². The topological polar surface area (TPSA) is 0 Å². The van der Waals surface area contributed by atoms with E-state index in [9.17, 15) is 4.39 Å². The molecule has 0 radical (unpaired) electrons. The fourth-order valence-corrected chi connectivity index (χ4v) is 10.1. The van der Waals surface area contributed by atoms with Crippen molar-refractivity contribution in [2.24, 2.45) is 29.1 Å². The summed E-state index contributed by atoms with van der Waals surface area (Å²) in [7, 11) is 0. The zero-order chi connectivity index (χ0) is 34.4. The summed E-state index contributed by atoms with van der Waals surface area (Å²) < 4.78 is 14.2. The van der Waals surface area contributed by atoms with Crippen molar-refractivity contribution in [2.75, 3.05) is 0 Å². The normalized spacial score (nSPS) is 25.3. The van der Waals surface area contributed by atoms with Crippen LogP contribution >= 0.6 is 0 Å². The number of hydrogen-bond acceptors (Lipinski definition) is 0. The van der Waals surface area contributed by atoms with E-state index in [1.54, 1.807) is 56.2 Å². The third-order valence-corrected chi connectivity index (χ3v) is 12.4. The number of hydrogen-bond donors (Lipinski definition) is 0. The van der Waals surface area contributed by atoms with E-state index in [-0.39, 0.29) is 41.5 Å². The Balaban J connectivity index is 0.000000177. The first-order valence-electron chi connectivity index (χ1n) is 18.4. The molecule has 1 atom stereocenters. The summed E-state index contributed by atoms with van der Waals surface area (Å²) in [4.78, 5) is 0. The second kappa shape index (κ2) is 16.2. The first kappa shape index (κ1) is 41.2.